The van der Waals surface area contributed by atoms with Gasteiger partial charge in [-0.05, 0) is 12.1 Å². The fourth-order valence-electron chi connectivity index (χ4n) is 1.92. The van der Waals surface area contributed by atoms with Gasteiger partial charge in [-0.3, -0.25) is 9.59 Å². The van der Waals surface area contributed by atoms with Crippen LogP contribution in [-0.2, 0) is 0 Å². The number of aromatic nitrogens is 1. The summed E-state index contributed by atoms with van der Waals surface area (Å²) in [6, 6.07) is 4.25. The van der Waals surface area contributed by atoms with Gasteiger partial charge >= 0.3 is 0 Å². The second-order valence-corrected chi connectivity index (χ2v) is 5.23. The number of carbonyl (C=O) groups is 2. The van der Waals surface area contributed by atoms with Crippen molar-refractivity contribution in [2.45, 2.75) is 25.3 Å². The zero-order chi connectivity index (χ0) is 18.3. The van der Waals surface area contributed by atoms with Crippen LogP contribution in [0, 0.1) is 0 Å². The van der Waals surface area contributed by atoms with Crippen LogP contribution in [0.1, 0.15) is 33.8 Å². The van der Waals surface area contributed by atoms with Crippen LogP contribution in [0.4, 0.5) is 0 Å². The van der Waals surface area contributed by atoms with Crippen LogP contribution in [0.2, 0.25) is 0 Å². The molecule has 0 radical (unpaired) electrons. The maximum Gasteiger partial charge on any atom is 0.274 e. The van der Waals surface area contributed by atoms with E-state index in [1.54, 1.807) is 0 Å². The summed E-state index contributed by atoms with van der Waals surface area (Å²) in [6.45, 7) is -0.559. The molecule has 1 rings (SSSR count). The van der Waals surface area contributed by atoms with E-state index in [1.807, 2.05) is 0 Å². The number of pyridine rings is 1. The fraction of sp³-hybridized carbons (Fsp3) is 0.533. The van der Waals surface area contributed by atoms with Gasteiger partial charge in [-0.1, -0.05) is 6.07 Å². The van der Waals surface area contributed by atoms with Gasteiger partial charge in [0.2, 0.25) is 0 Å². The summed E-state index contributed by atoms with van der Waals surface area (Å²) in [5.74, 6) is -1.21. The Morgan fingerprint density at radius 1 is 0.958 bits per heavy atom. The smallest absolute Gasteiger partial charge is 0.274 e. The molecule has 24 heavy (non-hydrogen) atoms. The average molecular weight is 341 g/mol. The first-order valence-corrected chi connectivity index (χ1v) is 7.42. The van der Waals surface area contributed by atoms with E-state index in [0.717, 1.165) is 9.80 Å². The first-order chi connectivity index (χ1) is 11.3. The Kier molecular flexibility index (Phi) is 7.72. The van der Waals surface area contributed by atoms with Gasteiger partial charge in [0, 0.05) is 40.2 Å². The molecule has 0 saturated carbocycles. The number of nitrogens with zero attached hydrogens (tertiary/aromatic N) is 3. The second-order valence-electron chi connectivity index (χ2n) is 5.23. The van der Waals surface area contributed by atoms with Crippen molar-refractivity contribution >= 4 is 11.8 Å². The van der Waals surface area contributed by atoms with Gasteiger partial charge in [0.25, 0.3) is 11.8 Å². The first-order valence-electron chi connectivity index (χ1n) is 7.42. The van der Waals surface area contributed by atoms with E-state index in [0.29, 0.717) is 0 Å². The van der Waals surface area contributed by atoms with Crippen molar-refractivity contribution in [3.8, 4) is 0 Å². The molecule has 0 saturated heterocycles. The molecule has 1 aromatic heterocycles. The van der Waals surface area contributed by atoms with Crippen LogP contribution in [0.3, 0.4) is 0 Å². The van der Waals surface area contributed by atoms with E-state index >= 15 is 0 Å². The van der Waals surface area contributed by atoms with Crippen LogP contribution in [0.5, 0.6) is 0 Å². The Morgan fingerprint density at radius 3 is 1.67 bits per heavy atom. The Bertz CT molecular complexity index is 523. The predicted octanol–water partition coefficient (Wildman–Crippen LogP) is -1.37. The maximum atomic E-state index is 12.3. The van der Waals surface area contributed by atoms with Crippen LogP contribution >= 0.6 is 0 Å². The molecule has 1 heterocycles. The Balaban J connectivity index is 2.93. The van der Waals surface area contributed by atoms with Crippen molar-refractivity contribution in [2.75, 3.05) is 27.3 Å². The van der Waals surface area contributed by atoms with Crippen molar-refractivity contribution in [1.82, 2.24) is 14.8 Å². The molecule has 2 unspecified atom stereocenters. The highest BCUT2D eigenvalue weighted by Crippen LogP contribution is 2.10. The van der Waals surface area contributed by atoms with Crippen LogP contribution in [0.25, 0.3) is 0 Å². The highest BCUT2D eigenvalue weighted by molar-refractivity contribution is 5.96. The fourth-order valence-corrected chi connectivity index (χ4v) is 1.92. The van der Waals surface area contributed by atoms with Gasteiger partial charge in [-0.25, -0.2) is 4.98 Å². The summed E-state index contributed by atoms with van der Waals surface area (Å²) in [5.41, 5.74) is -0.101. The molecule has 0 fully saturated rings. The van der Waals surface area contributed by atoms with Crippen molar-refractivity contribution < 1.29 is 30.0 Å². The van der Waals surface area contributed by atoms with Gasteiger partial charge in [0.05, 0.1) is 0 Å². The van der Waals surface area contributed by atoms with E-state index < -0.39 is 24.3 Å². The standard InChI is InChI=1S/C15H23N3O6/c1-17(12(21)6-8-19)14(23)10-4-3-5-11(16-10)15(24)18(2)13(22)7-9-20/h3-5,12-13,19-22H,6-9H2,1-2H3. The summed E-state index contributed by atoms with van der Waals surface area (Å²) in [6.07, 6.45) is -2.34. The third-order valence-corrected chi connectivity index (χ3v) is 3.50. The second kappa shape index (κ2) is 9.28. The lowest BCUT2D eigenvalue weighted by atomic mass is 10.2. The molecule has 9 heteroatoms. The number of aliphatic hydroxyl groups excluding tert-OH is 4. The van der Waals surface area contributed by atoms with Crippen LogP contribution in [0.15, 0.2) is 18.2 Å². The highest BCUT2D eigenvalue weighted by atomic mass is 16.3. The van der Waals surface area contributed by atoms with Crippen molar-refractivity contribution in [2.24, 2.45) is 0 Å². The van der Waals surface area contributed by atoms with Gasteiger partial charge < -0.3 is 30.2 Å². The SMILES string of the molecule is CN(C(=O)c1cccc(C(=O)N(C)C(O)CCO)n1)C(O)CCO. The lowest BCUT2D eigenvalue weighted by Crippen LogP contribution is -2.39. The third-order valence-electron chi connectivity index (χ3n) is 3.50. The van der Waals surface area contributed by atoms with Gasteiger partial charge in [-0.15, -0.1) is 0 Å². The normalized spacial score (nSPS) is 13.2. The quantitative estimate of drug-likeness (QED) is 0.428. The van der Waals surface area contributed by atoms with E-state index in [9.17, 15) is 19.8 Å². The van der Waals surface area contributed by atoms with Gasteiger partial charge in [0.15, 0.2) is 0 Å². The summed E-state index contributed by atoms with van der Waals surface area (Å²) < 4.78 is 0. The van der Waals surface area contributed by atoms with E-state index in [2.05, 4.69) is 4.98 Å². The van der Waals surface area contributed by atoms with E-state index in [4.69, 9.17) is 10.2 Å². The summed E-state index contributed by atoms with van der Waals surface area (Å²) in [4.78, 5) is 30.5. The molecule has 0 aliphatic carbocycles. The number of hydrogen-bond donors (Lipinski definition) is 4. The number of carbonyl (C=O) groups excluding carboxylic acids is 2. The van der Waals surface area contributed by atoms with E-state index in [1.165, 1.54) is 32.3 Å². The molecule has 1 aromatic rings. The maximum absolute atomic E-state index is 12.3. The number of aliphatic hydroxyl groups is 4. The molecule has 2 amide bonds. The average Bonchev–Trinajstić information content (AvgIpc) is 2.59. The molecule has 0 aliphatic rings. The van der Waals surface area contributed by atoms with Crippen molar-refractivity contribution in [3.63, 3.8) is 0 Å². The van der Waals surface area contributed by atoms with Crippen molar-refractivity contribution in [3.05, 3.63) is 29.6 Å². The molecule has 134 valence electrons. The monoisotopic (exact) mass is 341 g/mol. The molecule has 0 spiro atoms. The molecule has 0 aliphatic heterocycles. The minimum atomic E-state index is -1.17. The minimum absolute atomic E-state index is 0.00302. The predicted molar refractivity (Wildman–Crippen MR) is 83.8 cm³/mol. The third kappa shape index (κ3) is 4.96. The highest BCUT2D eigenvalue weighted by Gasteiger charge is 2.23. The summed E-state index contributed by atoms with van der Waals surface area (Å²) in [5, 5.41) is 37.1. The van der Waals surface area contributed by atoms with Gasteiger partial charge in [-0.2, -0.15) is 0 Å². The minimum Gasteiger partial charge on any atom is -0.396 e. The lowest BCUT2D eigenvalue weighted by Gasteiger charge is -2.24. The molecule has 0 bridgehead atoms. The zero-order valence-electron chi connectivity index (χ0n) is 13.7. The molecule has 0 aromatic carbocycles. The Morgan fingerprint density at radius 2 is 1.33 bits per heavy atom. The first kappa shape index (κ1) is 20.0. The summed E-state index contributed by atoms with van der Waals surface area (Å²) >= 11 is 0. The Hall–Kier alpha value is -2.07. The lowest BCUT2D eigenvalue weighted by molar-refractivity contribution is 0.00729. The van der Waals surface area contributed by atoms with Crippen LogP contribution < -0.4 is 0 Å². The Labute approximate surface area is 139 Å². The molecular weight excluding hydrogens is 318 g/mol. The largest absolute Gasteiger partial charge is 0.396 e. The number of rotatable bonds is 8. The zero-order valence-corrected chi connectivity index (χ0v) is 13.7. The topological polar surface area (TPSA) is 134 Å². The molecule has 2 atom stereocenters. The molecule has 4 N–H and O–H groups in total. The van der Waals surface area contributed by atoms with Crippen LogP contribution in [-0.4, -0.2) is 86.8 Å². The summed E-state index contributed by atoms with van der Waals surface area (Å²) in [7, 11) is 2.71. The van der Waals surface area contributed by atoms with E-state index in [-0.39, 0.29) is 37.4 Å². The number of hydrogen-bond acceptors (Lipinski definition) is 7. The van der Waals surface area contributed by atoms with Crippen molar-refractivity contribution in [1.29, 1.82) is 0 Å². The number of amides is 2. The molecular formula is C15H23N3O6. The van der Waals surface area contributed by atoms with Gasteiger partial charge in [0.1, 0.15) is 23.8 Å². The molecule has 9 nitrogen and oxygen atoms in total.